The molecule has 3 heterocycles. The molecular formula is C18H18N4O4S. The topological polar surface area (TPSA) is 110 Å². The molecule has 0 spiro atoms. The number of hydrogen-bond acceptors (Lipinski definition) is 7. The number of carbonyl (C=O) groups excluding carboxylic acids is 2. The summed E-state index contributed by atoms with van der Waals surface area (Å²) in [5.74, 6) is 0.574. The number of aryl methyl sites for hydroxylation is 1. The van der Waals surface area contributed by atoms with Crippen LogP contribution < -0.4 is 10.6 Å². The maximum atomic E-state index is 12.6. The Morgan fingerprint density at radius 1 is 1.04 bits per heavy atom. The third kappa shape index (κ3) is 4.37. The average Bonchev–Trinajstić information content (AvgIpc) is 3.38. The summed E-state index contributed by atoms with van der Waals surface area (Å²) in [4.78, 5) is 33.1. The second kappa shape index (κ2) is 8.54. The predicted molar refractivity (Wildman–Crippen MR) is 99.6 cm³/mol. The molecule has 0 saturated heterocycles. The Balaban J connectivity index is 1.63. The van der Waals surface area contributed by atoms with Gasteiger partial charge >= 0.3 is 0 Å². The minimum atomic E-state index is -0.332. The SMILES string of the molecule is CSc1nc(-c2ccco2)nc(C)c1C(=O)NCCNC(=O)c1ccco1. The Morgan fingerprint density at radius 2 is 1.74 bits per heavy atom. The number of amides is 2. The lowest BCUT2D eigenvalue weighted by Crippen LogP contribution is -2.35. The van der Waals surface area contributed by atoms with Crippen molar-refractivity contribution in [2.45, 2.75) is 11.9 Å². The molecule has 3 rings (SSSR count). The van der Waals surface area contributed by atoms with Crippen molar-refractivity contribution in [2.75, 3.05) is 19.3 Å². The quantitative estimate of drug-likeness (QED) is 0.365. The Bertz CT molecular complexity index is 923. The summed E-state index contributed by atoms with van der Waals surface area (Å²) in [6, 6.07) is 6.72. The summed E-state index contributed by atoms with van der Waals surface area (Å²) in [5, 5.41) is 6.00. The predicted octanol–water partition coefficient (Wildman–Crippen LogP) is 2.52. The van der Waals surface area contributed by atoms with E-state index in [1.165, 1.54) is 18.0 Å². The fourth-order valence-electron chi connectivity index (χ4n) is 2.41. The molecule has 3 aromatic rings. The molecule has 9 heteroatoms. The van der Waals surface area contributed by atoms with Gasteiger partial charge in [0.25, 0.3) is 11.8 Å². The molecule has 0 fully saturated rings. The van der Waals surface area contributed by atoms with Crippen LogP contribution in [0.1, 0.15) is 26.6 Å². The van der Waals surface area contributed by atoms with Crippen LogP contribution in [0.15, 0.2) is 50.7 Å². The zero-order chi connectivity index (χ0) is 19.2. The molecular weight excluding hydrogens is 368 g/mol. The number of nitrogens with one attached hydrogen (secondary N) is 2. The van der Waals surface area contributed by atoms with E-state index in [-0.39, 0.29) is 30.7 Å². The lowest BCUT2D eigenvalue weighted by Gasteiger charge is -2.12. The maximum Gasteiger partial charge on any atom is 0.287 e. The van der Waals surface area contributed by atoms with E-state index in [9.17, 15) is 9.59 Å². The van der Waals surface area contributed by atoms with Crippen LogP contribution in [0.3, 0.4) is 0 Å². The first-order valence-corrected chi connectivity index (χ1v) is 9.39. The molecule has 0 bridgehead atoms. The molecule has 0 aliphatic carbocycles. The Labute approximate surface area is 159 Å². The fraction of sp³-hybridized carbons (Fsp3) is 0.222. The van der Waals surface area contributed by atoms with Gasteiger partial charge in [-0.3, -0.25) is 9.59 Å². The van der Waals surface area contributed by atoms with Gasteiger partial charge in [0.15, 0.2) is 17.3 Å². The first kappa shape index (κ1) is 18.7. The van der Waals surface area contributed by atoms with Gasteiger partial charge in [-0.1, -0.05) is 0 Å². The van der Waals surface area contributed by atoms with Crippen molar-refractivity contribution >= 4 is 23.6 Å². The van der Waals surface area contributed by atoms with Gasteiger partial charge in [0, 0.05) is 13.1 Å². The van der Waals surface area contributed by atoms with E-state index in [0.717, 1.165) is 0 Å². The number of carbonyl (C=O) groups is 2. The van der Waals surface area contributed by atoms with Crippen molar-refractivity contribution < 1.29 is 18.4 Å². The van der Waals surface area contributed by atoms with Crippen molar-refractivity contribution in [3.63, 3.8) is 0 Å². The van der Waals surface area contributed by atoms with Gasteiger partial charge in [-0.05, 0) is 37.4 Å². The van der Waals surface area contributed by atoms with Gasteiger partial charge in [0.1, 0.15) is 5.03 Å². The number of nitrogens with zero attached hydrogens (tertiary/aromatic N) is 2. The molecule has 0 radical (unpaired) electrons. The zero-order valence-electron chi connectivity index (χ0n) is 14.8. The molecule has 0 aromatic carbocycles. The number of hydrogen-bond donors (Lipinski definition) is 2. The van der Waals surface area contributed by atoms with Crippen molar-refractivity contribution in [1.82, 2.24) is 20.6 Å². The molecule has 3 aromatic heterocycles. The van der Waals surface area contributed by atoms with E-state index >= 15 is 0 Å². The van der Waals surface area contributed by atoms with Crippen LogP contribution in [0.5, 0.6) is 0 Å². The van der Waals surface area contributed by atoms with Gasteiger partial charge in [-0.2, -0.15) is 0 Å². The lowest BCUT2D eigenvalue weighted by molar-refractivity contribution is 0.0909. The van der Waals surface area contributed by atoms with Crippen molar-refractivity contribution in [3.8, 4) is 11.6 Å². The monoisotopic (exact) mass is 386 g/mol. The van der Waals surface area contributed by atoms with Crippen molar-refractivity contribution in [3.05, 3.63) is 53.8 Å². The number of rotatable bonds is 7. The summed E-state index contributed by atoms with van der Waals surface area (Å²) < 4.78 is 10.3. The standard InChI is InChI=1S/C18H18N4O4S/c1-11-14(18(27-2)22-15(21-11)12-5-3-9-25-12)17(24)20-8-7-19-16(23)13-6-4-10-26-13/h3-6,9-10H,7-8H2,1-2H3,(H,19,23)(H,20,24). The number of furan rings is 2. The van der Waals surface area contributed by atoms with Crippen molar-refractivity contribution in [2.24, 2.45) is 0 Å². The summed E-state index contributed by atoms with van der Waals surface area (Å²) in [6.45, 7) is 2.28. The highest BCUT2D eigenvalue weighted by molar-refractivity contribution is 7.98. The molecule has 2 amide bonds. The largest absolute Gasteiger partial charge is 0.461 e. The Hall–Kier alpha value is -3.07. The van der Waals surface area contributed by atoms with Crippen LogP contribution in [0.25, 0.3) is 11.6 Å². The van der Waals surface area contributed by atoms with Crippen LogP contribution in [0.2, 0.25) is 0 Å². The van der Waals surface area contributed by atoms with Crippen LogP contribution in [-0.4, -0.2) is 41.1 Å². The highest BCUT2D eigenvalue weighted by atomic mass is 32.2. The van der Waals surface area contributed by atoms with Crippen LogP contribution >= 0.6 is 11.8 Å². The molecule has 0 aliphatic rings. The molecule has 140 valence electrons. The Morgan fingerprint density at radius 3 is 2.37 bits per heavy atom. The summed E-state index contributed by atoms with van der Waals surface area (Å²) in [7, 11) is 0. The summed E-state index contributed by atoms with van der Waals surface area (Å²) in [5.41, 5.74) is 0.966. The minimum Gasteiger partial charge on any atom is -0.461 e. The third-order valence-electron chi connectivity index (χ3n) is 3.66. The van der Waals surface area contributed by atoms with Crippen molar-refractivity contribution in [1.29, 1.82) is 0 Å². The van der Waals surface area contributed by atoms with Gasteiger partial charge in [0.2, 0.25) is 0 Å². The van der Waals surface area contributed by atoms with Gasteiger partial charge < -0.3 is 19.5 Å². The molecule has 0 atom stereocenters. The van der Waals surface area contributed by atoms with E-state index in [1.54, 1.807) is 37.5 Å². The molecule has 0 unspecified atom stereocenters. The van der Waals surface area contributed by atoms with Crippen LogP contribution in [0.4, 0.5) is 0 Å². The highest BCUT2D eigenvalue weighted by Crippen LogP contribution is 2.24. The first-order valence-electron chi connectivity index (χ1n) is 8.16. The van der Waals surface area contributed by atoms with Gasteiger partial charge in [-0.15, -0.1) is 11.8 Å². The van der Waals surface area contributed by atoms with E-state index in [2.05, 4.69) is 20.6 Å². The fourth-order valence-corrected chi connectivity index (χ4v) is 3.03. The van der Waals surface area contributed by atoms with Gasteiger partial charge in [0.05, 0.1) is 23.8 Å². The lowest BCUT2D eigenvalue weighted by atomic mass is 10.2. The number of aromatic nitrogens is 2. The smallest absolute Gasteiger partial charge is 0.287 e. The van der Waals surface area contributed by atoms with E-state index in [0.29, 0.717) is 27.9 Å². The second-order valence-electron chi connectivity index (χ2n) is 5.48. The van der Waals surface area contributed by atoms with E-state index < -0.39 is 0 Å². The summed E-state index contributed by atoms with van der Waals surface area (Å²) in [6.07, 6.45) is 4.81. The van der Waals surface area contributed by atoms with Gasteiger partial charge in [-0.25, -0.2) is 9.97 Å². The molecule has 27 heavy (non-hydrogen) atoms. The van der Waals surface area contributed by atoms with E-state index in [1.807, 2.05) is 6.26 Å². The maximum absolute atomic E-state index is 12.6. The van der Waals surface area contributed by atoms with Crippen LogP contribution in [-0.2, 0) is 0 Å². The second-order valence-corrected chi connectivity index (χ2v) is 6.28. The average molecular weight is 386 g/mol. The molecule has 2 N–H and O–H groups in total. The third-order valence-corrected chi connectivity index (χ3v) is 4.34. The molecule has 0 aliphatic heterocycles. The molecule has 8 nitrogen and oxygen atoms in total. The number of thioether (sulfide) groups is 1. The highest BCUT2D eigenvalue weighted by Gasteiger charge is 2.19. The summed E-state index contributed by atoms with van der Waals surface area (Å²) >= 11 is 1.36. The Kier molecular flexibility index (Phi) is 5.92. The minimum absolute atomic E-state index is 0.226. The van der Waals surface area contributed by atoms with Crippen LogP contribution in [0, 0.1) is 6.92 Å². The normalized spacial score (nSPS) is 10.6. The zero-order valence-corrected chi connectivity index (χ0v) is 15.6. The van der Waals surface area contributed by atoms with E-state index in [4.69, 9.17) is 8.83 Å². The molecule has 0 saturated carbocycles. The first-order chi connectivity index (χ1) is 13.1.